The molecule has 1 aromatic heterocycles. The van der Waals surface area contributed by atoms with Crippen molar-refractivity contribution in [3.8, 4) is 5.75 Å². The van der Waals surface area contributed by atoms with Crippen molar-refractivity contribution in [1.29, 1.82) is 0 Å². The van der Waals surface area contributed by atoms with Crippen molar-refractivity contribution in [2.45, 2.75) is 6.04 Å². The minimum absolute atomic E-state index is 0.116. The number of benzene rings is 2. The van der Waals surface area contributed by atoms with E-state index in [4.69, 9.17) is 9.47 Å². The van der Waals surface area contributed by atoms with Crippen molar-refractivity contribution in [2.75, 3.05) is 40.0 Å². The van der Waals surface area contributed by atoms with Crippen LogP contribution < -0.4 is 10.1 Å². The molecule has 6 nitrogen and oxygen atoms in total. The smallest absolute Gasteiger partial charge is 0.270 e. The van der Waals surface area contributed by atoms with Gasteiger partial charge in [-0.2, -0.15) is 0 Å². The van der Waals surface area contributed by atoms with E-state index in [9.17, 15) is 4.79 Å². The second-order valence-electron chi connectivity index (χ2n) is 7.10. The first-order valence-electron chi connectivity index (χ1n) is 9.83. The summed E-state index contributed by atoms with van der Waals surface area (Å²) in [7, 11) is 1.63. The van der Waals surface area contributed by atoms with Gasteiger partial charge in [-0.3, -0.25) is 9.69 Å². The zero-order valence-corrected chi connectivity index (χ0v) is 16.5. The van der Waals surface area contributed by atoms with Gasteiger partial charge in [0.25, 0.3) is 5.91 Å². The second-order valence-corrected chi connectivity index (χ2v) is 7.10. The summed E-state index contributed by atoms with van der Waals surface area (Å²) < 4.78 is 10.7. The van der Waals surface area contributed by atoms with Gasteiger partial charge >= 0.3 is 0 Å². The highest BCUT2D eigenvalue weighted by Crippen LogP contribution is 2.20. The van der Waals surface area contributed by atoms with Crippen molar-refractivity contribution in [3.05, 3.63) is 71.9 Å². The summed E-state index contributed by atoms with van der Waals surface area (Å²) in [6.45, 7) is 3.94. The lowest BCUT2D eigenvalue weighted by Crippen LogP contribution is -2.43. The Morgan fingerprint density at radius 1 is 1.14 bits per heavy atom. The summed E-state index contributed by atoms with van der Waals surface area (Å²) in [5.41, 5.74) is 2.26. The van der Waals surface area contributed by atoms with E-state index in [1.54, 1.807) is 13.2 Å². The van der Waals surface area contributed by atoms with E-state index < -0.39 is 0 Å². The van der Waals surface area contributed by atoms with E-state index in [0.717, 1.165) is 55.1 Å². The fourth-order valence-electron chi connectivity index (χ4n) is 3.55. The van der Waals surface area contributed by atoms with Crippen LogP contribution in [-0.4, -0.2) is 55.7 Å². The highest BCUT2D eigenvalue weighted by molar-refractivity contribution is 5.95. The highest BCUT2D eigenvalue weighted by atomic mass is 16.5. The molecule has 2 aromatic carbocycles. The number of morpholine rings is 1. The zero-order valence-electron chi connectivity index (χ0n) is 16.5. The van der Waals surface area contributed by atoms with Crippen LogP contribution in [0.25, 0.3) is 10.9 Å². The number of pyridine rings is 1. The molecule has 1 atom stereocenters. The molecule has 1 N–H and O–H groups in total. The Bertz CT molecular complexity index is 972. The molecule has 0 saturated carbocycles. The van der Waals surface area contributed by atoms with Crippen molar-refractivity contribution < 1.29 is 14.3 Å². The lowest BCUT2D eigenvalue weighted by Gasteiger charge is -2.31. The van der Waals surface area contributed by atoms with Gasteiger partial charge in [-0.1, -0.05) is 36.4 Å². The predicted octanol–water partition coefficient (Wildman–Crippen LogP) is 3.05. The van der Waals surface area contributed by atoms with E-state index in [0.29, 0.717) is 5.69 Å². The van der Waals surface area contributed by atoms with Crippen LogP contribution >= 0.6 is 0 Å². The zero-order chi connectivity index (χ0) is 20.1. The van der Waals surface area contributed by atoms with Crippen LogP contribution in [0.3, 0.4) is 0 Å². The van der Waals surface area contributed by atoms with Crippen LogP contribution in [-0.2, 0) is 4.74 Å². The molecule has 4 rings (SSSR count). The maximum atomic E-state index is 13.0. The Balaban J connectivity index is 1.54. The molecule has 150 valence electrons. The summed E-state index contributed by atoms with van der Waals surface area (Å²) in [6, 6.07) is 19.2. The van der Waals surface area contributed by atoms with Gasteiger partial charge in [0.05, 0.1) is 31.9 Å². The van der Waals surface area contributed by atoms with Crippen molar-refractivity contribution in [1.82, 2.24) is 15.2 Å². The second kappa shape index (κ2) is 9.03. The average molecular weight is 391 g/mol. The Morgan fingerprint density at radius 3 is 2.69 bits per heavy atom. The minimum atomic E-state index is -0.176. The number of amides is 1. The summed E-state index contributed by atoms with van der Waals surface area (Å²) >= 11 is 0. The lowest BCUT2D eigenvalue weighted by atomic mass is 10.1. The Labute approximate surface area is 170 Å². The van der Waals surface area contributed by atoms with Crippen molar-refractivity contribution >= 4 is 16.8 Å². The number of hydrogen-bond acceptors (Lipinski definition) is 5. The fraction of sp³-hybridized carbons (Fsp3) is 0.304. The molecule has 1 fully saturated rings. The van der Waals surface area contributed by atoms with E-state index >= 15 is 0 Å². The van der Waals surface area contributed by atoms with Crippen LogP contribution in [0.5, 0.6) is 5.75 Å². The fourth-order valence-corrected chi connectivity index (χ4v) is 3.55. The molecule has 1 saturated heterocycles. The highest BCUT2D eigenvalue weighted by Gasteiger charge is 2.21. The topological polar surface area (TPSA) is 63.7 Å². The summed E-state index contributed by atoms with van der Waals surface area (Å²) in [5, 5.41) is 4.11. The molecule has 1 unspecified atom stereocenters. The summed E-state index contributed by atoms with van der Waals surface area (Å²) in [5.74, 6) is 0.594. The first kappa shape index (κ1) is 19.4. The lowest BCUT2D eigenvalue weighted by molar-refractivity contribution is 0.0332. The van der Waals surface area contributed by atoms with Gasteiger partial charge in [0.2, 0.25) is 0 Å². The monoisotopic (exact) mass is 391 g/mol. The number of aromatic nitrogens is 1. The number of ether oxygens (including phenoxy) is 2. The molecular weight excluding hydrogens is 366 g/mol. The molecule has 1 aliphatic heterocycles. The Morgan fingerprint density at radius 2 is 1.93 bits per heavy atom. The van der Waals surface area contributed by atoms with Crippen molar-refractivity contribution in [3.63, 3.8) is 0 Å². The normalized spacial score (nSPS) is 15.8. The van der Waals surface area contributed by atoms with Crippen LogP contribution in [0.1, 0.15) is 22.1 Å². The van der Waals surface area contributed by atoms with E-state index in [1.807, 2.05) is 54.6 Å². The molecule has 1 aliphatic rings. The number of fused-ring (bicyclic) bond motifs is 1. The third-order valence-electron chi connectivity index (χ3n) is 5.18. The molecule has 0 aliphatic carbocycles. The van der Waals surface area contributed by atoms with Crippen LogP contribution in [0.4, 0.5) is 0 Å². The minimum Gasteiger partial charge on any atom is -0.497 e. The third kappa shape index (κ3) is 4.72. The molecule has 0 bridgehead atoms. The largest absolute Gasteiger partial charge is 0.497 e. The number of hydrogen-bond donors (Lipinski definition) is 1. The number of nitrogens with one attached hydrogen (secondary N) is 1. The van der Waals surface area contributed by atoms with E-state index in [2.05, 4.69) is 15.2 Å². The molecule has 2 heterocycles. The van der Waals surface area contributed by atoms with Gasteiger partial charge in [0.1, 0.15) is 11.4 Å². The molecule has 29 heavy (non-hydrogen) atoms. The molecule has 0 spiro atoms. The number of nitrogens with zero attached hydrogens (tertiary/aromatic N) is 2. The maximum Gasteiger partial charge on any atom is 0.270 e. The predicted molar refractivity (Wildman–Crippen MR) is 112 cm³/mol. The van der Waals surface area contributed by atoms with Gasteiger partial charge in [-0.25, -0.2) is 4.98 Å². The number of rotatable bonds is 6. The van der Waals surface area contributed by atoms with Gasteiger partial charge in [0, 0.05) is 25.0 Å². The maximum absolute atomic E-state index is 13.0. The Kier molecular flexibility index (Phi) is 6.03. The van der Waals surface area contributed by atoms with Crippen LogP contribution in [0.2, 0.25) is 0 Å². The van der Waals surface area contributed by atoms with Gasteiger partial charge in [0.15, 0.2) is 0 Å². The molecule has 0 radical (unpaired) electrons. The first-order chi connectivity index (χ1) is 14.2. The van der Waals surface area contributed by atoms with Gasteiger partial charge < -0.3 is 14.8 Å². The number of carbonyl (C=O) groups excluding carboxylic acids is 1. The first-order valence-corrected chi connectivity index (χ1v) is 9.83. The van der Waals surface area contributed by atoms with Crippen LogP contribution in [0.15, 0.2) is 60.7 Å². The van der Waals surface area contributed by atoms with Crippen molar-refractivity contribution in [2.24, 2.45) is 0 Å². The summed E-state index contributed by atoms with van der Waals surface area (Å²) in [6.07, 6.45) is 0. The quantitative estimate of drug-likeness (QED) is 0.700. The molecule has 6 heteroatoms. The SMILES string of the molecule is COc1ccc2nc(C(=O)NC(CN3CCOCC3)c3ccccc3)ccc2c1. The molecular formula is C23H25N3O3. The van der Waals surface area contributed by atoms with Gasteiger partial charge in [-0.15, -0.1) is 0 Å². The summed E-state index contributed by atoms with van der Waals surface area (Å²) in [4.78, 5) is 19.9. The molecule has 3 aromatic rings. The average Bonchev–Trinajstić information content (AvgIpc) is 2.79. The van der Waals surface area contributed by atoms with E-state index in [-0.39, 0.29) is 11.9 Å². The third-order valence-corrected chi connectivity index (χ3v) is 5.18. The van der Waals surface area contributed by atoms with Gasteiger partial charge in [-0.05, 0) is 29.8 Å². The standard InChI is InChI=1S/C23H25N3O3/c1-28-19-8-10-20-18(15-19)7-9-21(24-20)23(27)25-22(17-5-3-2-4-6-17)16-26-11-13-29-14-12-26/h2-10,15,22H,11-14,16H2,1H3,(H,25,27). The van der Waals surface area contributed by atoms with Crippen LogP contribution in [0, 0.1) is 0 Å². The Hall–Kier alpha value is -2.96. The van der Waals surface area contributed by atoms with E-state index in [1.165, 1.54) is 0 Å². The number of carbonyl (C=O) groups is 1. The number of methoxy groups -OCH3 is 1. The molecule has 1 amide bonds.